The number of ether oxygens (including phenoxy) is 1. The van der Waals surface area contributed by atoms with E-state index >= 15 is 0 Å². The molecule has 1 N–H and O–H groups in total. The molecule has 0 spiro atoms. The summed E-state index contributed by atoms with van der Waals surface area (Å²) in [5, 5.41) is 15.4. The van der Waals surface area contributed by atoms with Crippen LogP contribution in [0.1, 0.15) is 27.5 Å². The van der Waals surface area contributed by atoms with Gasteiger partial charge in [0, 0.05) is 35.0 Å². The van der Waals surface area contributed by atoms with Crippen molar-refractivity contribution in [1.29, 1.82) is 5.26 Å². The van der Waals surface area contributed by atoms with Crippen molar-refractivity contribution in [2.45, 2.75) is 12.6 Å². The normalized spacial score (nSPS) is 11.2. The van der Waals surface area contributed by atoms with Crippen molar-refractivity contribution in [3.05, 3.63) is 93.0 Å². The summed E-state index contributed by atoms with van der Waals surface area (Å²) in [5.41, 5.74) is -0.703. The first-order chi connectivity index (χ1) is 18.1. The molecule has 0 aliphatic carbocycles. The minimum atomic E-state index is -4.73. The number of aromatic amines is 1. The Kier molecular flexibility index (Phi) is 7.50. The fourth-order valence-electron chi connectivity index (χ4n) is 3.56. The number of benzene rings is 2. The van der Waals surface area contributed by atoms with Crippen molar-refractivity contribution in [2.24, 2.45) is 0 Å². The van der Waals surface area contributed by atoms with Crippen LogP contribution in [-0.2, 0) is 12.6 Å². The van der Waals surface area contributed by atoms with Gasteiger partial charge in [0.1, 0.15) is 11.4 Å². The van der Waals surface area contributed by atoms with Crippen LogP contribution in [0.5, 0.6) is 5.75 Å². The lowest BCUT2D eigenvalue weighted by atomic mass is 9.99. The Balaban J connectivity index is 1.60. The number of amides is 1. The van der Waals surface area contributed by atoms with Crippen LogP contribution in [0.2, 0.25) is 5.02 Å². The molecule has 2 aromatic heterocycles. The SMILES string of the molecule is CN(C(=O)c1ccc(Cl)c(-c2cnc(C(F)(F)F)cc2C#N)c1)c1ccccc1OCCc1n[nH]c(=O)o1. The van der Waals surface area contributed by atoms with Crippen molar-refractivity contribution in [3.8, 4) is 22.9 Å². The van der Waals surface area contributed by atoms with Gasteiger partial charge in [-0.05, 0) is 36.4 Å². The predicted octanol–water partition coefficient (Wildman–Crippen LogP) is 4.87. The highest BCUT2D eigenvalue weighted by Crippen LogP contribution is 2.35. The van der Waals surface area contributed by atoms with E-state index in [1.54, 1.807) is 30.3 Å². The molecule has 4 rings (SSSR count). The highest BCUT2D eigenvalue weighted by molar-refractivity contribution is 6.33. The minimum absolute atomic E-state index is 0.0524. The van der Waals surface area contributed by atoms with E-state index in [0.29, 0.717) is 17.5 Å². The second-order valence-corrected chi connectivity index (χ2v) is 8.26. The first kappa shape index (κ1) is 26.4. The Labute approximate surface area is 218 Å². The van der Waals surface area contributed by atoms with Gasteiger partial charge in [-0.15, -0.1) is 5.10 Å². The van der Waals surface area contributed by atoms with Crippen LogP contribution < -0.4 is 15.4 Å². The maximum atomic E-state index is 13.4. The second-order valence-electron chi connectivity index (χ2n) is 7.86. The van der Waals surface area contributed by atoms with Crippen LogP contribution in [0.3, 0.4) is 0 Å². The summed E-state index contributed by atoms with van der Waals surface area (Å²) >= 11 is 6.29. The minimum Gasteiger partial charge on any atom is -0.491 e. The fraction of sp³-hybridized carbons (Fsp3) is 0.160. The number of carbonyl (C=O) groups excluding carboxylic acids is 1. The van der Waals surface area contributed by atoms with E-state index in [2.05, 4.69) is 15.2 Å². The monoisotopic (exact) mass is 543 g/mol. The van der Waals surface area contributed by atoms with Gasteiger partial charge in [-0.25, -0.2) is 9.89 Å². The van der Waals surface area contributed by atoms with Gasteiger partial charge in [0.15, 0.2) is 0 Å². The van der Waals surface area contributed by atoms with E-state index < -0.39 is 23.5 Å². The highest BCUT2D eigenvalue weighted by atomic mass is 35.5. The number of para-hydroxylation sites is 2. The largest absolute Gasteiger partial charge is 0.491 e. The molecule has 9 nitrogen and oxygen atoms in total. The first-order valence-corrected chi connectivity index (χ1v) is 11.3. The van der Waals surface area contributed by atoms with Crippen LogP contribution in [0, 0.1) is 11.3 Å². The molecule has 4 aromatic rings. The number of halogens is 4. The maximum absolute atomic E-state index is 13.4. The number of hydrogen-bond donors (Lipinski definition) is 1. The Morgan fingerprint density at radius 2 is 1.97 bits per heavy atom. The second kappa shape index (κ2) is 10.8. The molecule has 0 bridgehead atoms. The van der Waals surface area contributed by atoms with Crippen molar-refractivity contribution in [3.63, 3.8) is 0 Å². The van der Waals surface area contributed by atoms with Gasteiger partial charge in [0.25, 0.3) is 5.91 Å². The van der Waals surface area contributed by atoms with E-state index in [-0.39, 0.29) is 46.2 Å². The van der Waals surface area contributed by atoms with Crippen molar-refractivity contribution >= 4 is 23.2 Å². The van der Waals surface area contributed by atoms with Crippen molar-refractivity contribution in [1.82, 2.24) is 15.2 Å². The van der Waals surface area contributed by atoms with Gasteiger partial charge in [0.05, 0.1) is 30.3 Å². The number of pyridine rings is 1. The molecule has 0 aliphatic heterocycles. The smallest absolute Gasteiger partial charge is 0.434 e. The molecule has 0 aliphatic rings. The molecular formula is C25H17ClF3N5O4. The van der Waals surface area contributed by atoms with E-state index in [1.165, 1.54) is 30.1 Å². The van der Waals surface area contributed by atoms with Crippen LogP contribution in [-0.4, -0.2) is 34.7 Å². The third kappa shape index (κ3) is 5.68. The zero-order valence-electron chi connectivity index (χ0n) is 19.5. The molecule has 0 saturated carbocycles. The lowest BCUT2D eigenvalue weighted by Crippen LogP contribution is -2.27. The van der Waals surface area contributed by atoms with E-state index in [1.807, 2.05) is 0 Å². The van der Waals surface area contributed by atoms with Crippen molar-refractivity contribution < 1.29 is 27.1 Å². The molecule has 38 heavy (non-hydrogen) atoms. The topological polar surface area (TPSA) is 125 Å². The van der Waals surface area contributed by atoms with Gasteiger partial charge < -0.3 is 14.1 Å². The molecule has 194 valence electrons. The summed E-state index contributed by atoms with van der Waals surface area (Å²) < 4.78 is 49.8. The van der Waals surface area contributed by atoms with Crippen LogP contribution in [0.4, 0.5) is 18.9 Å². The van der Waals surface area contributed by atoms with Gasteiger partial charge in [-0.2, -0.15) is 18.4 Å². The number of aromatic nitrogens is 3. The number of nitrogens with one attached hydrogen (secondary N) is 1. The molecule has 13 heteroatoms. The quantitative estimate of drug-likeness (QED) is 0.352. The first-order valence-electron chi connectivity index (χ1n) is 10.9. The molecule has 0 saturated heterocycles. The summed E-state index contributed by atoms with van der Waals surface area (Å²) in [5.74, 6) is -0.619. The highest BCUT2D eigenvalue weighted by Gasteiger charge is 2.33. The molecule has 0 radical (unpaired) electrons. The molecule has 1 amide bonds. The third-order valence-electron chi connectivity index (χ3n) is 5.41. The number of carbonyl (C=O) groups is 1. The Bertz CT molecular complexity index is 1590. The maximum Gasteiger partial charge on any atom is 0.434 e. The Morgan fingerprint density at radius 1 is 1.21 bits per heavy atom. The number of rotatable bonds is 7. The molecule has 2 aromatic carbocycles. The fourth-order valence-corrected chi connectivity index (χ4v) is 3.78. The molecule has 2 heterocycles. The number of H-pyrrole nitrogens is 1. The van der Waals surface area contributed by atoms with Gasteiger partial charge >= 0.3 is 11.9 Å². The lowest BCUT2D eigenvalue weighted by Gasteiger charge is -2.21. The summed E-state index contributed by atoms with van der Waals surface area (Å²) in [6.07, 6.45) is -3.62. The number of alkyl halides is 3. The average molecular weight is 544 g/mol. The molecule has 0 atom stereocenters. The Hall–Kier alpha value is -4.63. The predicted molar refractivity (Wildman–Crippen MR) is 130 cm³/mol. The van der Waals surface area contributed by atoms with Crippen molar-refractivity contribution in [2.75, 3.05) is 18.6 Å². The third-order valence-corrected chi connectivity index (χ3v) is 5.74. The summed E-state index contributed by atoms with van der Waals surface area (Å²) in [6, 6.07) is 13.4. The zero-order valence-corrected chi connectivity index (χ0v) is 20.3. The number of hydrogen-bond acceptors (Lipinski definition) is 7. The van der Waals surface area contributed by atoms with E-state index in [9.17, 15) is 28.0 Å². The zero-order chi connectivity index (χ0) is 27.4. The average Bonchev–Trinajstić information content (AvgIpc) is 3.32. The number of anilines is 1. The van der Waals surface area contributed by atoms with Crippen LogP contribution >= 0.6 is 11.6 Å². The molecular weight excluding hydrogens is 527 g/mol. The molecule has 0 unspecified atom stereocenters. The summed E-state index contributed by atoms with van der Waals surface area (Å²) in [6.45, 7) is 0.107. The lowest BCUT2D eigenvalue weighted by molar-refractivity contribution is -0.141. The standard InChI is InChI=1S/C25H17ClF3N5O4/c1-34(19-4-2-3-5-20(19)37-9-8-22-32-33-24(36)38-22)23(35)14-6-7-18(26)16(10-14)17-13-31-21(25(27,28)29)11-15(17)12-30/h2-7,10-11,13H,8-9H2,1H3,(H,33,36). The van der Waals surface area contributed by atoms with Gasteiger partial charge in [-0.1, -0.05) is 23.7 Å². The van der Waals surface area contributed by atoms with Crippen LogP contribution in [0.15, 0.2) is 63.9 Å². The Morgan fingerprint density at radius 3 is 2.66 bits per heavy atom. The summed E-state index contributed by atoms with van der Waals surface area (Å²) in [7, 11) is 1.52. The van der Waals surface area contributed by atoms with E-state index in [0.717, 1.165) is 6.20 Å². The molecule has 0 fully saturated rings. The van der Waals surface area contributed by atoms with Gasteiger partial charge in [-0.3, -0.25) is 9.78 Å². The van der Waals surface area contributed by atoms with Crippen LogP contribution in [0.25, 0.3) is 11.1 Å². The number of nitriles is 1. The number of nitrogens with zero attached hydrogens (tertiary/aromatic N) is 4. The van der Waals surface area contributed by atoms with E-state index in [4.69, 9.17) is 20.8 Å². The summed E-state index contributed by atoms with van der Waals surface area (Å²) in [4.78, 5) is 29.2. The van der Waals surface area contributed by atoms with Gasteiger partial charge in [0.2, 0.25) is 5.89 Å².